The van der Waals surface area contributed by atoms with E-state index in [-0.39, 0.29) is 10.8 Å². The van der Waals surface area contributed by atoms with E-state index < -0.39 is 27.3 Å². The molecule has 0 aliphatic heterocycles. The standard InChI is InChI=1S/C12H9ClF2N2O3S/c13-8-5-6-16-11(7-8)17-21(18,19)10-4-2-1-3-9(10)20-12(14)15/h1-7,12H,(H,16,17). The fourth-order valence-corrected chi connectivity index (χ4v) is 2.81. The minimum absolute atomic E-state index is 0.0330. The van der Waals surface area contributed by atoms with E-state index in [0.717, 1.165) is 12.1 Å². The predicted octanol–water partition coefficient (Wildman–Crippen LogP) is 3.14. The lowest BCUT2D eigenvalue weighted by molar-refractivity contribution is -0.0517. The van der Waals surface area contributed by atoms with E-state index in [1.165, 1.54) is 30.5 Å². The van der Waals surface area contributed by atoms with Crippen LogP contribution in [0.2, 0.25) is 5.02 Å². The zero-order chi connectivity index (χ0) is 15.5. The van der Waals surface area contributed by atoms with Gasteiger partial charge < -0.3 is 4.74 Å². The van der Waals surface area contributed by atoms with Crippen LogP contribution >= 0.6 is 11.6 Å². The Morgan fingerprint density at radius 3 is 2.62 bits per heavy atom. The molecule has 0 bridgehead atoms. The number of hydrogen-bond donors (Lipinski definition) is 1. The Balaban J connectivity index is 2.36. The Morgan fingerprint density at radius 1 is 1.24 bits per heavy atom. The van der Waals surface area contributed by atoms with E-state index in [9.17, 15) is 17.2 Å². The van der Waals surface area contributed by atoms with Crippen molar-refractivity contribution in [3.8, 4) is 5.75 Å². The van der Waals surface area contributed by atoms with Crippen molar-refractivity contribution in [3.05, 3.63) is 47.6 Å². The molecule has 0 fully saturated rings. The van der Waals surface area contributed by atoms with Gasteiger partial charge in [-0.3, -0.25) is 4.72 Å². The molecule has 2 aromatic rings. The number of halogens is 3. The lowest BCUT2D eigenvalue weighted by Crippen LogP contribution is -2.16. The zero-order valence-electron chi connectivity index (χ0n) is 10.3. The smallest absolute Gasteiger partial charge is 0.387 e. The second kappa shape index (κ2) is 6.23. The highest BCUT2D eigenvalue weighted by Crippen LogP contribution is 2.26. The minimum atomic E-state index is -4.14. The van der Waals surface area contributed by atoms with E-state index in [1.54, 1.807) is 0 Å². The van der Waals surface area contributed by atoms with Crippen molar-refractivity contribution in [1.82, 2.24) is 4.98 Å². The summed E-state index contributed by atoms with van der Waals surface area (Å²) in [5, 5.41) is 0.278. The van der Waals surface area contributed by atoms with Gasteiger partial charge in [0.25, 0.3) is 10.0 Å². The summed E-state index contributed by atoms with van der Waals surface area (Å²) in [6.07, 6.45) is 1.31. The summed E-state index contributed by atoms with van der Waals surface area (Å²) in [5.74, 6) is -0.489. The van der Waals surface area contributed by atoms with Crippen LogP contribution in [0.25, 0.3) is 0 Å². The SMILES string of the molecule is O=S(=O)(Nc1cc(Cl)ccn1)c1ccccc1OC(F)F. The number of pyridine rings is 1. The number of nitrogens with one attached hydrogen (secondary N) is 1. The number of alkyl halides is 2. The summed E-state index contributed by atoms with van der Waals surface area (Å²) in [6, 6.07) is 7.80. The first-order chi connectivity index (χ1) is 9.88. The molecule has 1 aromatic heterocycles. The summed E-state index contributed by atoms with van der Waals surface area (Å²) < 4.78 is 55.3. The molecule has 5 nitrogen and oxygen atoms in total. The first-order valence-corrected chi connectivity index (χ1v) is 7.43. The van der Waals surface area contributed by atoms with Crippen LogP contribution in [0.4, 0.5) is 14.6 Å². The number of hydrogen-bond acceptors (Lipinski definition) is 4. The van der Waals surface area contributed by atoms with E-state index >= 15 is 0 Å². The molecule has 1 N–H and O–H groups in total. The maximum Gasteiger partial charge on any atom is 0.387 e. The number of sulfonamides is 1. The summed E-state index contributed by atoms with van der Waals surface area (Å²) >= 11 is 5.72. The van der Waals surface area contributed by atoms with E-state index in [4.69, 9.17) is 11.6 Å². The van der Waals surface area contributed by atoms with E-state index in [1.807, 2.05) is 0 Å². The lowest BCUT2D eigenvalue weighted by Gasteiger charge is -2.12. The molecule has 0 saturated heterocycles. The number of benzene rings is 1. The second-order valence-electron chi connectivity index (χ2n) is 3.79. The largest absolute Gasteiger partial charge is 0.433 e. The average molecular weight is 335 g/mol. The molecule has 0 aliphatic carbocycles. The molecule has 0 spiro atoms. The number of nitrogens with zero attached hydrogens (tertiary/aromatic N) is 1. The van der Waals surface area contributed by atoms with Crippen LogP contribution in [0.15, 0.2) is 47.5 Å². The van der Waals surface area contributed by atoms with Crippen molar-refractivity contribution in [3.63, 3.8) is 0 Å². The van der Waals surface area contributed by atoms with Gasteiger partial charge in [0.15, 0.2) is 0 Å². The summed E-state index contributed by atoms with van der Waals surface area (Å²) in [4.78, 5) is 3.35. The van der Waals surface area contributed by atoms with Crippen molar-refractivity contribution in [2.45, 2.75) is 11.5 Å². The van der Waals surface area contributed by atoms with Crippen LogP contribution in [0.5, 0.6) is 5.75 Å². The zero-order valence-corrected chi connectivity index (χ0v) is 11.9. The molecule has 1 aromatic carbocycles. The van der Waals surface area contributed by atoms with Gasteiger partial charge >= 0.3 is 6.61 Å². The number of para-hydroxylation sites is 1. The van der Waals surface area contributed by atoms with Crippen molar-refractivity contribution >= 4 is 27.4 Å². The Morgan fingerprint density at radius 2 is 1.95 bits per heavy atom. The van der Waals surface area contributed by atoms with Crippen LogP contribution < -0.4 is 9.46 Å². The first kappa shape index (κ1) is 15.5. The lowest BCUT2D eigenvalue weighted by atomic mass is 10.3. The number of ether oxygens (including phenoxy) is 1. The molecular formula is C12H9ClF2N2O3S. The monoisotopic (exact) mass is 334 g/mol. The fourth-order valence-electron chi connectivity index (χ4n) is 1.52. The van der Waals surface area contributed by atoms with Gasteiger partial charge in [-0.15, -0.1) is 0 Å². The van der Waals surface area contributed by atoms with Crippen molar-refractivity contribution in [2.24, 2.45) is 0 Å². The van der Waals surface area contributed by atoms with Gasteiger partial charge in [-0.1, -0.05) is 23.7 Å². The Labute approximate surface area is 124 Å². The third-order valence-corrected chi connectivity index (χ3v) is 3.94. The molecule has 0 unspecified atom stereocenters. The maximum atomic E-state index is 12.3. The normalized spacial score (nSPS) is 11.4. The molecule has 9 heteroatoms. The van der Waals surface area contributed by atoms with Crippen LogP contribution in [0.3, 0.4) is 0 Å². The fraction of sp³-hybridized carbons (Fsp3) is 0.0833. The van der Waals surface area contributed by atoms with Crippen LogP contribution in [-0.4, -0.2) is 20.0 Å². The summed E-state index contributed by atoms with van der Waals surface area (Å²) in [7, 11) is -4.14. The molecule has 0 atom stereocenters. The Kier molecular flexibility index (Phi) is 4.59. The molecular weight excluding hydrogens is 326 g/mol. The van der Waals surface area contributed by atoms with E-state index in [0.29, 0.717) is 0 Å². The molecule has 0 amide bonds. The number of anilines is 1. The van der Waals surface area contributed by atoms with Gasteiger partial charge in [0, 0.05) is 17.3 Å². The average Bonchev–Trinajstić information content (AvgIpc) is 2.37. The molecule has 21 heavy (non-hydrogen) atoms. The van der Waals surface area contributed by atoms with Crippen LogP contribution in [0.1, 0.15) is 0 Å². The van der Waals surface area contributed by atoms with Gasteiger partial charge in [-0.2, -0.15) is 8.78 Å². The summed E-state index contributed by atoms with van der Waals surface area (Å²) in [5.41, 5.74) is 0. The van der Waals surface area contributed by atoms with E-state index in [2.05, 4.69) is 14.4 Å². The first-order valence-electron chi connectivity index (χ1n) is 5.57. The number of aromatic nitrogens is 1. The molecule has 0 saturated carbocycles. The van der Waals surface area contributed by atoms with Crippen molar-refractivity contribution in [1.29, 1.82) is 0 Å². The highest BCUT2D eigenvalue weighted by Gasteiger charge is 2.21. The van der Waals surface area contributed by atoms with Crippen molar-refractivity contribution < 1.29 is 21.9 Å². The molecule has 2 rings (SSSR count). The van der Waals surface area contributed by atoms with Gasteiger partial charge in [0.1, 0.15) is 16.5 Å². The highest BCUT2D eigenvalue weighted by molar-refractivity contribution is 7.92. The third kappa shape index (κ3) is 4.02. The van der Waals surface area contributed by atoms with Crippen molar-refractivity contribution in [2.75, 3.05) is 4.72 Å². The molecule has 112 valence electrons. The van der Waals surface area contributed by atoms with Gasteiger partial charge in [-0.25, -0.2) is 13.4 Å². The molecule has 0 aliphatic rings. The maximum absolute atomic E-state index is 12.3. The van der Waals surface area contributed by atoms with Crippen LogP contribution in [-0.2, 0) is 10.0 Å². The van der Waals surface area contributed by atoms with Gasteiger partial charge in [0.05, 0.1) is 0 Å². The Hall–Kier alpha value is -1.93. The highest BCUT2D eigenvalue weighted by atomic mass is 35.5. The minimum Gasteiger partial charge on any atom is -0.433 e. The Bertz CT molecular complexity index is 741. The molecule has 0 radical (unpaired) electrons. The predicted molar refractivity (Wildman–Crippen MR) is 73.1 cm³/mol. The topological polar surface area (TPSA) is 68.3 Å². The van der Waals surface area contributed by atoms with Gasteiger partial charge in [-0.05, 0) is 18.2 Å². The van der Waals surface area contributed by atoms with Crippen LogP contribution in [0, 0.1) is 0 Å². The molecule has 1 heterocycles. The second-order valence-corrected chi connectivity index (χ2v) is 5.88. The number of rotatable bonds is 5. The third-order valence-electron chi connectivity index (χ3n) is 2.32. The quantitative estimate of drug-likeness (QED) is 0.912. The summed E-state index contributed by atoms with van der Waals surface area (Å²) in [6.45, 7) is -3.13. The van der Waals surface area contributed by atoms with Gasteiger partial charge in [0.2, 0.25) is 0 Å².